The smallest absolute Gasteiger partial charge is 0.168 e. The minimum absolute atomic E-state index is 0.108. The van der Waals surface area contributed by atoms with Crippen molar-refractivity contribution in [2.75, 3.05) is 20.3 Å². The van der Waals surface area contributed by atoms with E-state index in [-0.39, 0.29) is 5.75 Å². The van der Waals surface area contributed by atoms with Crippen molar-refractivity contribution in [3.8, 4) is 23.0 Å². The Hall–Kier alpha value is -1.58. The Morgan fingerprint density at radius 2 is 2.07 bits per heavy atom. The highest BCUT2D eigenvalue weighted by Crippen LogP contribution is 2.44. The van der Waals surface area contributed by atoms with Crippen molar-refractivity contribution in [1.82, 2.24) is 0 Å². The van der Waals surface area contributed by atoms with Crippen molar-refractivity contribution in [2.45, 2.75) is 6.92 Å². The van der Waals surface area contributed by atoms with Crippen LogP contribution in [0, 0.1) is 6.92 Å². The van der Waals surface area contributed by atoms with Gasteiger partial charge in [-0.2, -0.15) is 0 Å². The summed E-state index contributed by atoms with van der Waals surface area (Å²) in [7, 11) is 1.50. The standard InChI is InChI=1S/C10H12O4/c1-6-9(11)7(12-2)5-8-10(6)14-4-3-13-8/h5,11H,3-4H2,1-2H3. The molecule has 0 aromatic heterocycles. The quantitative estimate of drug-likeness (QED) is 0.739. The van der Waals surface area contributed by atoms with Gasteiger partial charge in [-0.15, -0.1) is 0 Å². The summed E-state index contributed by atoms with van der Waals surface area (Å²) in [5.41, 5.74) is 0.652. The lowest BCUT2D eigenvalue weighted by Crippen LogP contribution is -2.16. The Bertz CT molecular complexity index is 360. The molecule has 1 aromatic rings. The molecule has 0 unspecified atom stereocenters. The number of methoxy groups -OCH3 is 1. The van der Waals surface area contributed by atoms with Gasteiger partial charge in [0.1, 0.15) is 13.2 Å². The molecule has 0 amide bonds. The van der Waals surface area contributed by atoms with E-state index in [2.05, 4.69) is 0 Å². The SMILES string of the molecule is COc1cc2c(c(C)c1O)OCCO2. The highest BCUT2D eigenvalue weighted by molar-refractivity contribution is 5.60. The molecule has 1 aliphatic rings. The number of rotatable bonds is 1. The van der Waals surface area contributed by atoms with Crippen LogP contribution < -0.4 is 14.2 Å². The van der Waals surface area contributed by atoms with E-state index in [0.717, 1.165) is 0 Å². The van der Waals surface area contributed by atoms with E-state index < -0.39 is 0 Å². The molecule has 0 aliphatic carbocycles. The second-order valence-corrected chi connectivity index (χ2v) is 3.08. The number of fused-ring (bicyclic) bond motifs is 1. The number of ether oxygens (including phenoxy) is 3. The highest BCUT2D eigenvalue weighted by Gasteiger charge is 2.20. The van der Waals surface area contributed by atoms with Gasteiger partial charge in [0, 0.05) is 11.6 Å². The van der Waals surface area contributed by atoms with E-state index in [4.69, 9.17) is 14.2 Å². The zero-order valence-electron chi connectivity index (χ0n) is 8.16. The molecule has 0 saturated carbocycles. The van der Waals surface area contributed by atoms with Gasteiger partial charge < -0.3 is 19.3 Å². The van der Waals surface area contributed by atoms with Gasteiger partial charge in [0.15, 0.2) is 23.0 Å². The molecular weight excluding hydrogens is 184 g/mol. The molecule has 0 atom stereocenters. The Morgan fingerprint density at radius 1 is 1.36 bits per heavy atom. The van der Waals surface area contributed by atoms with Gasteiger partial charge in [-0.1, -0.05) is 0 Å². The van der Waals surface area contributed by atoms with E-state index >= 15 is 0 Å². The van der Waals surface area contributed by atoms with Crippen LogP contribution in [0.25, 0.3) is 0 Å². The van der Waals surface area contributed by atoms with Crippen LogP contribution in [0.3, 0.4) is 0 Å². The maximum absolute atomic E-state index is 9.69. The lowest BCUT2D eigenvalue weighted by atomic mass is 10.1. The Morgan fingerprint density at radius 3 is 2.79 bits per heavy atom. The van der Waals surface area contributed by atoms with Crippen molar-refractivity contribution in [3.63, 3.8) is 0 Å². The largest absolute Gasteiger partial charge is 0.504 e. The van der Waals surface area contributed by atoms with Crippen LogP contribution in [0.1, 0.15) is 5.56 Å². The number of aromatic hydroxyl groups is 1. The predicted molar refractivity (Wildman–Crippen MR) is 50.4 cm³/mol. The zero-order valence-corrected chi connectivity index (χ0v) is 8.16. The molecule has 1 heterocycles. The van der Waals surface area contributed by atoms with Crippen LogP contribution >= 0.6 is 0 Å². The van der Waals surface area contributed by atoms with Crippen LogP contribution in [-0.4, -0.2) is 25.4 Å². The zero-order chi connectivity index (χ0) is 10.1. The number of benzene rings is 1. The fraction of sp³-hybridized carbons (Fsp3) is 0.400. The van der Waals surface area contributed by atoms with Crippen LogP contribution in [0.15, 0.2) is 6.07 Å². The minimum atomic E-state index is 0.108. The number of hydrogen-bond donors (Lipinski definition) is 1. The maximum atomic E-state index is 9.69. The van der Waals surface area contributed by atoms with Gasteiger partial charge in [0.2, 0.25) is 0 Å². The second-order valence-electron chi connectivity index (χ2n) is 3.08. The van der Waals surface area contributed by atoms with Crippen LogP contribution in [0.4, 0.5) is 0 Å². The number of phenols is 1. The second kappa shape index (κ2) is 3.29. The molecule has 0 saturated heterocycles. The molecule has 0 fully saturated rings. The first-order valence-electron chi connectivity index (χ1n) is 4.40. The average Bonchev–Trinajstić information content (AvgIpc) is 2.23. The Labute approximate surface area is 82.0 Å². The van der Waals surface area contributed by atoms with Gasteiger partial charge in [-0.05, 0) is 6.92 Å². The van der Waals surface area contributed by atoms with Gasteiger partial charge in [-0.25, -0.2) is 0 Å². The first-order valence-corrected chi connectivity index (χ1v) is 4.40. The molecule has 1 N–H and O–H groups in total. The minimum Gasteiger partial charge on any atom is -0.504 e. The molecule has 0 radical (unpaired) electrons. The van der Waals surface area contributed by atoms with Crippen LogP contribution in [0.5, 0.6) is 23.0 Å². The molecule has 4 nitrogen and oxygen atoms in total. The summed E-state index contributed by atoms with van der Waals surface area (Å²) in [6.07, 6.45) is 0. The lowest BCUT2D eigenvalue weighted by Gasteiger charge is -2.21. The molecule has 1 aromatic carbocycles. The van der Waals surface area contributed by atoms with Gasteiger partial charge >= 0.3 is 0 Å². The molecule has 14 heavy (non-hydrogen) atoms. The third-order valence-electron chi connectivity index (χ3n) is 2.22. The van der Waals surface area contributed by atoms with Crippen molar-refractivity contribution in [2.24, 2.45) is 0 Å². The first kappa shape index (κ1) is 8.99. The van der Waals surface area contributed by atoms with Crippen LogP contribution in [0.2, 0.25) is 0 Å². The van der Waals surface area contributed by atoms with E-state index in [0.29, 0.717) is 36.0 Å². The summed E-state index contributed by atoms with van der Waals surface area (Å²) >= 11 is 0. The fourth-order valence-corrected chi connectivity index (χ4v) is 1.47. The van der Waals surface area contributed by atoms with Crippen molar-refractivity contribution in [3.05, 3.63) is 11.6 Å². The van der Waals surface area contributed by atoms with E-state index in [9.17, 15) is 5.11 Å². The fourth-order valence-electron chi connectivity index (χ4n) is 1.47. The van der Waals surface area contributed by atoms with Crippen molar-refractivity contribution < 1.29 is 19.3 Å². The summed E-state index contributed by atoms with van der Waals surface area (Å²) in [6, 6.07) is 1.64. The Kier molecular flexibility index (Phi) is 2.11. The van der Waals surface area contributed by atoms with E-state index in [1.165, 1.54) is 7.11 Å². The van der Waals surface area contributed by atoms with Crippen molar-refractivity contribution >= 4 is 0 Å². The normalized spacial score (nSPS) is 13.9. The number of hydrogen-bond acceptors (Lipinski definition) is 4. The third kappa shape index (κ3) is 1.23. The van der Waals surface area contributed by atoms with Gasteiger partial charge in [0.25, 0.3) is 0 Å². The predicted octanol–water partition coefficient (Wildman–Crippen LogP) is 1.48. The average molecular weight is 196 g/mol. The highest BCUT2D eigenvalue weighted by atomic mass is 16.6. The molecule has 0 spiro atoms. The summed E-state index contributed by atoms with van der Waals surface area (Å²) in [6.45, 7) is 2.81. The lowest BCUT2D eigenvalue weighted by molar-refractivity contribution is 0.168. The van der Waals surface area contributed by atoms with Crippen molar-refractivity contribution in [1.29, 1.82) is 0 Å². The van der Waals surface area contributed by atoms with E-state index in [1.807, 2.05) is 0 Å². The van der Waals surface area contributed by atoms with Gasteiger partial charge in [0.05, 0.1) is 7.11 Å². The molecule has 2 rings (SSSR count). The monoisotopic (exact) mass is 196 g/mol. The molecule has 76 valence electrons. The van der Waals surface area contributed by atoms with Crippen LogP contribution in [-0.2, 0) is 0 Å². The van der Waals surface area contributed by atoms with Gasteiger partial charge in [-0.3, -0.25) is 0 Å². The maximum Gasteiger partial charge on any atom is 0.168 e. The summed E-state index contributed by atoms with van der Waals surface area (Å²) in [5.74, 6) is 1.75. The van der Waals surface area contributed by atoms with E-state index in [1.54, 1.807) is 13.0 Å². The summed E-state index contributed by atoms with van der Waals surface area (Å²) < 4.78 is 15.8. The first-order chi connectivity index (χ1) is 6.74. The molecular formula is C10H12O4. The number of phenolic OH excluding ortho intramolecular Hbond substituents is 1. The Balaban J connectivity index is 2.57. The topological polar surface area (TPSA) is 47.9 Å². The third-order valence-corrected chi connectivity index (χ3v) is 2.22. The molecule has 1 aliphatic heterocycles. The summed E-state index contributed by atoms with van der Waals surface area (Å²) in [5, 5.41) is 9.69. The summed E-state index contributed by atoms with van der Waals surface area (Å²) in [4.78, 5) is 0. The molecule has 0 bridgehead atoms. The molecule has 4 heteroatoms.